The summed E-state index contributed by atoms with van der Waals surface area (Å²) in [6, 6.07) is 14.2. The Labute approximate surface area is 194 Å². The maximum atomic E-state index is 12.5. The topological polar surface area (TPSA) is 83.8 Å². The van der Waals surface area contributed by atoms with E-state index in [1.54, 1.807) is 6.92 Å². The number of rotatable bonds is 11. The number of ether oxygens (including phenoxy) is 1. The largest absolute Gasteiger partial charge is 0.469 e. The minimum atomic E-state index is -0.618. The summed E-state index contributed by atoms with van der Waals surface area (Å²) in [6.45, 7) is 1.72. The predicted molar refractivity (Wildman–Crippen MR) is 129 cm³/mol. The van der Waals surface area contributed by atoms with Gasteiger partial charge in [-0.05, 0) is 36.1 Å². The van der Waals surface area contributed by atoms with Gasteiger partial charge in [0.1, 0.15) is 5.78 Å². The summed E-state index contributed by atoms with van der Waals surface area (Å²) in [5.41, 5.74) is 0.972. The lowest BCUT2D eigenvalue weighted by Crippen LogP contribution is -2.25. The number of methoxy groups -OCH3 is 1. The van der Waals surface area contributed by atoms with Crippen molar-refractivity contribution >= 4 is 34.3 Å². The zero-order chi connectivity index (χ0) is 23.1. The SMILES string of the molecule is COC(=O)C(CCCCC[C@H]1C(=O)CC(O)[C@@H]1SCC(C)O)c1ccc2ccccc2c1. The first-order chi connectivity index (χ1) is 15.4. The lowest BCUT2D eigenvalue weighted by molar-refractivity contribution is -0.142. The van der Waals surface area contributed by atoms with Crippen LogP contribution in [-0.2, 0) is 14.3 Å². The zero-order valence-corrected chi connectivity index (χ0v) is 19.7. The Morgan fingerprint density at radius 2 is 1.91 bits per heavy atom. The molecule has 1 saturated carbocycles. The van der Waals surface area contributed by atoms with Crippen molar-refractivity contribution < 1.29 is 24.5 Å². The van der Waals surface area contributed by atoms with Crippen LogP contribution in [0.15, 0.2) is 42.5 Å². The number of aliphatic hydroxyl groups is 2. The third kappa shape index (κ3) is 6.33. The highest BCUT2D eigenvalue weighted by Gasteiger charge is 2.41. The van der Waals surface area contributed by atoms with E-state index in [0.717, 1.165) is 42.0 Å². The first-order valence-corrected chi connectivity index (χ1v) is 12.5. The van der Waals surface area contributed by atoms with Crippen molar-refractivity contribution in [2.75, 3.05) is 12.9 Å². The number of thioether (sulfide) groups is 1. The molecule has 0 spiro atoms. The van der Waals surface area contributed by atoms with Gasteiger partial charge < -0.3 is 14.9 Å². The van der Waals surface area contributed by atoms with Crippen LogP contribution in [0.1, 0.15) is 56.9 Å². The van der Waals surface area contributed by atoms with Gasteiger partial charge in [0, 0.05) is 23.3 Å². The summed E-state index contributed by atoms with van der Waals surface area (Å²) in [5.74, 6) is -0.00869. The van der Waals surface area contributed by atoms with E-state index in [4.69, 9.17) is 4.74 Å². The van der Waals surface area contributed by atoms with E-state index in [0.29, 0.717) is 12.2 Å². The van der Waals surface area contributed by atoms with Crippen LogP contribution in [0.25, 0.3) is 10.8 Å². The molecule has 0 radical (unpaired) electrons. The second kappa shape index (κ2) is 11.8. The number of aliphatic hydroxyl groups excluding tert-OH is 2. The molecule has 32 heavy (non-hydrogen) atoms. The Morgan fingerprint density at radius 1 is 1.16 bits per heavy atom. The molecule has 1 aliphatic rings. The van der Waals surface area contributed by atoms with Crippen molar-refractivity contribution in [1.82, 2.24) is 0 Å². The van der Waals surface area contributed by atoms with Gasteiger partial charge in [-0.15, -0.1) is 0 Å². The van der Waals surface area contributed by atoms with E-state index >= 15 is 0 Å². The molecule has 2 N–H and O–H groups in total. The lowest BCUT2D eigenvalue weighted by atomic mass is 9.90. The highest BCUT2D eigenvalue weighted by molar-refractivity contribution is 8.00. The number of benzene rings is 2. The fourth-order valence-corrected chi connectivity index (χ4v) is 5.94. The van der Waals surface area contributed by atoms with E-state index in [9.17, 15) is 19.8 Å². The minimum absolute atomic E-state index is 0.127. The molecule has 2 aromatic rings. The summed E-state index contributed by atoms with van der Waals surface area (Å²) in [7, 11) is 1.43. The van der Waals surface area contributed by atoms with E-state index in [2.05, 4.69) is 12.1 Å². The normalized spacial score (nSPS) is 22.8. The van der Waals surface area contributed by atoms with Crippen LogP contribution in [0, 0.1) is 5.92 Å². The van der Waals surface area contributed by atoms with E-state index < -0.39 is 12.2 Å². The highest BCUT2D eigenvalue weighted by atomic mass is 32.2. The number of fused-ring (bicyclic) bond motifs is 1. The van der Waals surface area contributed by atoms with Crippen molar-refractivity contribution in [3.8, 4) is 0 Å². The van der Waals surface area contributed by atoms with Crippen LogP contribution in [-0.4, -0.2) is 52.3 Å². The lowest BCUT2D eigenvalue weighted by Gasteiger charge is -2.21. The number of hydrogen-bond acceptors (Lipinski definition) is 6. The molecule has 1 fully saturated rings. The molecule has 174 valence electrons. The maximum absolute atomic E-state index is 12.5. The van der Waals surface area contributed by atoms with Gasteiger partial charge in [-0.2, -0.15) is 11.8 Å². The Kier molecular flexibility index (Phi) is 9.14. The monoisotopic (exact) mass is 458 g/mol. The van der Waals surface area contributed by atoms with E-state index in [1.165, 1.54) is 18.9 Å². The Morgan fingerprint density at radius 3 is 2.62 bits per heavy atom. The highest BCUT2D eigenvalue weighted by Crippen LogP contribution is 2.37. The second-order valence-electron chi connectivity index (χ2n) is 8.81. The zero-order valence-electron chi connectivity index (χ0n) is 18.9. The number of ketones is 1. The molecule has 0 aliphatic heterocycles. The smallest absolute Gasteiger partial charge is 0.313 e. The standard InChI is InChI=1S/C26H34O5S/c1-17(27)16-32-25-22(23(28)15-24(25)29)11-5-3-4-10-21(26(30)31-2)20-13-12-18-8-6-7-9-19(18)14-20/h6-9,12-14,17,21-22,24-25,27,29H,3-5,10-11,15-16H2,1-2H3/t17?,21?,22-,24?,25+/m0/s1. The summed E-state index contributed by atoms with van der Waals surface area (Å²) < 4.78 is 5.07. The summed E-state index contributed by atoms with van der Waals surface area (Å²) >= 11 is 1.50. The first kappa shape index (κ1) is 24.7. The van der Waals surface area contributed by atoms with Crippen molar-refractivity contribution in [3.05, 3.63) is 48.0 Å². The molecule has 3 unspecified atom stereocenters. The van der Waals surface area contributed by atoms with Gasteiger partial charge in [0.2, 0.25) is 0 Å². The number of esters is 1. The van der Waals surface area contributed by atoms with Crippen LogP contribution < -0.4 is 0 Å². The molecule has 5 nitrogen and oxygen atoms in total. The predicted octanol–water partition coefficient (Wildman–Crippen LogP) is 4.48. The molecule has 6 heteroatoms. The van der Waals surface area contributed by atoms with Crippen molar-refractivity contribution in [3.63, 3.8) is 0 Å². The molecule has 2 aromatic carbocycles. The Bertz CT molecular complexity index is 912. The second-order valence-corrected chi connectivity index (χ2v) is 10.0. The molecular weight excluding hydrogens is 424 g/mol. The fraction of sp³-hybridized carbons (Fsp3) is 0.538. The molecule has 0 saturated heterocycles. The number of unbranched alkanes of at least 4 members (excludes halogenated alkanes) is 2. The molecular formula is C26H34O5S. The van der Waals surface area contributed by atoms with Crippen molar-refractivity contribution in [2.24, 2.45) is 5.92 Å². The van der Waals surface area contributed by atoms with Gasteiger partial charge in [0.15, 0.2) is 0 Å². The summed E-state index contributed by atoms with van der Waals surface area (Å²) in [4.78, 5) is 24.8. The van der Waals surface area contributed by atoms with Gasteiger partial charge in [-0.1, -0.05) is 61.7 Å². The van der Waals surface area contributed by atoms with Gasteiger partial charge >= 0.3 is 5.97 Å². The Hall–Kier alpha value is -1.89. The molecule has 0 heterocycles. The van der Waals surface area contributed by atoms with Crippen LogP contribution in [0.3, 0.4) is 0 Å². The molecule has 1 aliphatic carbocycles. The van der Waals surface area contributed by atoms with Gasteiger partial charge in [0.25, 0.3) is 0 Å². The minimum Gasteiger partial charge on any atom is -0.469 e. The van der Waals surface area contributed by atoms with Crippen molar-refractivity contribution in [1.29, 1.82) is 0 Å². The summed E-state index contributed by atoms with van der Waals surface area (Å²) in [6.07, 6.45) is 3.24. The van der Waals surface area contributed by atoms with E-state index in [-0.39, 0.29) is 35.3 Å². The van der Waals surface area contributed by atoms with Gasteiger partial charge in [0.05, 0.1) is 25.2 Å². The third-order valence-corrected chi connectivity index (χ3v) is 8.00. The number of hydrogen-bond donors (Lipinski definition) is 2. The summed E-state index contributed by atoms with van der Waals surface area (Å²) in [5, 5.41) is 21.9. The van der Waals surface area contributed by atoms with Gasteiger partial charge in [-0.3, -0.25) is 9.59 Å². The molecule has 0 aromatic heterocycles. The quantitative estimate of drug-likeness (QED) is 0.382. The van der Waals surface area contributed by atoms with Crippen LogP contribution in [0.2, 0.25) is 0 Å². The van der Waals surface area contributed by atoms with Crippen LogP contribution in [0.4, 0.5) is 0 Å². The number of carbonyl (C=O) groups is 2. The molecule has 0 amide bonds. The number of Topliss-reactive ketones (excluding diaryl/α,β-unsaturated/α-hetero) is 1. The average molecular weight is 459 g/mol. The fourth-order valence-electron chi connectivity index (χ4n) is 4.60. The van der Waals surface area contributed by atoms with Crippen LogP contribution >= 0.6 is 11.8 Å². The molecule has 3 rings (SSSR count). The average Bonchev–Trinajstić information content (AvgIpc) is 3.05. The molecule has 5 atom stereocenters. The molecule has 0 bridgehead atoms. The van der Waals surface area contributed by atoms with Crippen molar-refractivity contribution in [2.45, 2.75) is 68.8 Å². The van der Waals surface area contributed by atoms with E-state index in [1.807, 2.05) is 30.3 Å². The first-order valence-electron chi connectivity index (χ1n) is 11.5. The van der Waals surface area contributed by atoms with Gasteiger partial charge in [-0.25, -0.2) is 0 Å². The van der Waals surface area contributed by atoms with Crippen LogP contribution in [0.5, 0.6) is 0 Å². The number of carbonyl (C=O) groups excluding carboxylic acids is 2. The maximum Gasteiger partial charge on any atom is 0.313 e. The Balaban J connectivity index is 1.53. The third-order valence-electron chi connectivity index (χ3n) is 6.30.